The first-order valence-electron chi connectivity index (χ1n) is 7.36. The van der Waals surface area contributed by atoms with Crippen molar-refractivity contribution in [3.05, 3.63) is 27.4 Å². The lowest BCUT2D eigenvalue weighted by molar-refractivity contribution is -0.0258. The highest BCUT2D eigenvalue weighted by molar-refractivity contribution is 7.16. The molecule has 8 nitrogen and oxygen atoms in total. The number of aromatic amines is 1. The Kier molecular flexibility index (Phi) is 2.46. The van der Waals surface area contributed by atoms with Gasteiger partial charge >= 0.3 is 6.09 Å². The second-order valence-electron chi connectivity index (χ2n) is 5.86. The monoisotopic (exact) mass is 331 g/mol. The minimum atomic E-state index is -0.482. The molecule has 2 aromatic rings. The van der Waals surface area contributed by atoms with E-state index in [1.165, 1.54) is 16.2 Å². The molecule has 9 heteroatoms. The van der Waals surface area contributed by atoms with Gasteiger partial charge in [0.2, 0.25) is 0 Å². The van der Waals surface area contributed by atoms with Crippen molar-refractivity contribution in [1.29, 1.82) is 0 Å². The number of ether oxygens (including phenoxy) is 1. The highest BCUT2D eigenvalue weighted by Crippen LogP contribution is 2.34. The van der Waals surface area contributed by atoms with E-state index in [1.807, 2.05) is 11.4 Å². The lowest BCUT2D eigenvalue weighted by Crippen LogP contribution is -2.64. The number of fused-ring (bicyclic) bond motifs is 2. The van der Waals surface area contributed by atoms with Crippen LogP contribution in [0.3, 0.4) is 0 Å². The summed E-state index contributed by atoms with van der Waals surface area (Å²) in [7, 11) is 0. The first-order valence-corrected chi connectivity index (χ1v) is 8.24. The van der Waals surface area contributed by atoms with Gasteiger partial charge < -0.3 is 15.5 Å². The standard InChI is InChI=1S/C14H13N5O3S/c15-9-5-3-4-23-13(5)18-12(20)8(9)11-16-6-1-2-7-17-10(6)19(11)14(21)22-7/h3-4,6-7,10,17H,1-2H2,(H3,15,18,20). The second kappa shape index (κ2) is 4.33. The molecule has 2 aromatic heterocycles. The fraction of sp³-hybridized carbons (Fsp3) is 0.357. The Morgan fingerprint density at radius 3 is 3.13 bits per heavy atom. The SMILES string of the molecule is Nc1c(C2=NC3CCC4NC3N2C(=O)O4)c(=O)[nH]c2sccc12. The van der Waals surface area contributed by atoms with Crippen LogP contribution in [0.2, 0.25) is 0 Å². The molecule has 4 N–H and O–H groups in total. The maximum atomic E-state index is 12.5. The molecular weight excluding hydrogens is 318 g/mol. The van der Waals surface area contributed by atoms with Gasteiger partial charge in [-0.1, -0.05) is 0 Å². The van der Waals surface area contributed by atoms with Gasteiger partial charge in [0.15, 0.2) is 6.23 Å². The molecule has 5 heterocycles. The lowest BCUT2D eigenvalue weighted by atomic mass is 10.0. The van der Waals surface area contributed by atoms with Crippen molar-refractivity contribution >= 4 is 39.2 Å². The fourth-order valence-corrected chi connectivity index (χ4v) is 4.31. The summed E-state index contributed by atoms with van der Waals surface area (Å²) in [6.07, 6.45) is 0.497. The first-order chi connectivity index (χ1) is 11.1. The molecule has 0 aromatic carbocycles. The number of amides is 1. The van der Waals surface area contributed by atoms with Crippen LogP contribution in [-0.4, -0.2) is 40.2 Å². The molecule has 2 fully saturated rings. The van der Waals surface area contributed by atoms with Crippen LogP contribution in [0.4, 0.5) is 10.5 Å². The van der Waals surface area contributed by atoms with Gasteiger partial charge in [-0.25, -0.2) is 9.69 Å². The summed E-state index contributed by atoms with van der Waals surface area (Å²) in [6, 6.07) is 1.77. The molecule has 0 saturated carbocycles. The maximum Gasteiger partial charge on any atom is 0.418 e. The zero-order valence-corrected chi connectivity index (χ0v) is 12.7. The molecule has 3 aliphatic rings. The number of hydrogen-bond acceptors (Lipinski definition) is 7. The zero-order valence-electron chi connectivity index (χ0n) is 11.9. The van der Waals surface area contributed by atoms with Crippen molar-refractivity contribution in [2.24, 2.45) is 4.99 Å². The van der Waals surface area contributed by atoms with Crippen molar-refractivity contribution in [2.45, 2.75) is 31.3 Å². The van der Waals surface area contributed by atoms with Gasteiger partial charge in [0.05, 0.1) is 11.7 Å². The largest absolute Gasteiger partial charge is 0.430 e. The number of rotatable bonds is 1. The average Bonchev–Trinajstić information content (AvgIpc) is 3.12. The van der Waals surface area contributed by atoms with Gasteiger partial charge in [0, 0.05) is 11.8 Å². The number of thiophene rings is 1. The molecule has 118 valence electrons. The Bertz CT molecular complexity index is 932. The van der Waals surface area contributed by atoms with Crippen molar-refractivity contribution < 1.29 is 9.53 Å². The number of hydrogen-bond donors (Lipinski definition) is 3. The molecule has 23 heavy (non-hydrogen) atoms. The van der Waals surface area contributed by atoms with E-state index in [-0.39, 0.29) is 29.6 Å². The minimum absolute atomic E-state index is 0.0777. The normalized spacial score (nSPS) is 28.9. The molecular formula is C14H13N5O3S. The average molecular weight is 331 g/mol. The predicted molar refractivity (Wildman–Crippen MR) is 85.4 cm³/mol. The van der Waals surface area contributed by atoms with E-state index >= 15 is 0 Å². The molecule has 3 atom stereocenters. The van der Waals surface area contributed by atoms with Crippen LogP contribution in [0.15, 0.2) is 21.2 Å². The Hall–Kier alpha value is -2.39. The fourth-order valence-electron chi connectivity index (χ4n) is 3.52. The molecule has 0 aliphatic carbocycles. The van der Waals surface area contributed by atoms with E-state index in [1.54, 1.807) is 0 Å². The second-order valence-corrected chi connectivity index (χ2v) is 6.77. The van der Waals surface area contributed by atoms with Gasteiger partial charge in [0.1, 0.15) is 22.4 Å². The molecule has 0 spiro atoms. The topological polar surface area (TPSA) is 113 Å². The van der Waals surface area contributed by atoms with E-state index in [2.05, 4.69) is 15.3 Å². The third kappa shape index (κ3) is 1.66. The van der Waals surface area contributed by atoms with Gasteiger partial charge in [-0.15, -0.1) is 11.3 Å². The third-order valence-corrected chi connectivity index (χ3v) is 5.41. The predicted octanol–water partition coefficient (Wildman–Crippen LogP) is 0.788. The maximum absolute atomic E-state index is 12.5. The Balaban J connectivity index is 1.73. The molecule has 0 radical (unpaired) electrons. The van der Waals surface area contributed by atoms with Crippen molar-refractivity contribution in [3.8, 4) is 0 Å². The highest BCUT2D eigenvalue weighted by atomic mass is 32.1. The van der Waals surface area contributed by atoms with Crippen LogP contribution in [0.5, 0.6) is 0 Å². The number of carbonyl (C=O) groups is 1. The van der Waals surface area contributed by atoms with Crippen LogP contribution in [0, 0.1) is 0 Å². The number of piperidine rings is 1. The number of aromatic nitrogens is 1. The Morgan fingerprint density at radius 1 is 1.39 bits per heavy atom. The number of amidine groups is 1. The van der Waals surface area contributed by atoms with Gasteiger partial charge in [-0.05, 0) is 17.9 Å². The van der Waals surface area contributed by atoms with E-state index in [9.17, 15) is 9.59 Å². The quantitative estimate of drug-likeness (QED) is 0.715. The minimum Gasteiger partial charge on any atom is -0.430 e. The van der Waals surface area contributed by atoms with Crippen LogP contribution in [-0.2, 0) is 4.74 Å². The summed E-state index contributed by atoms with van der Waals surface area (Å²) < 4.78 is 5.34. The number of aliphatic imine (C=N–C) groups is 1. The molecule has 3 unspecified atom stereocenters. The van der Waals surface area contributed by atoms with Crippen molar-refractivity contribution in [3.63, 3.8) is 0 Å². The number of nitrogens with two attached hydrogens (primary N) is 1. The molecule has 2 saturated heterocycles. The van der Waals surface area contributed by atoms with Crippen LogP contribution < -0.4 is 16.6 Å². The smallest absolute Gasteiger partial charge is 0.418 e. The van der Waals surface area contributed by atoms with E-state index < -0.39 is 6.09 Å². The number of nitrogens with zero attached hydrogens (tertiary/aromatic N) is 2. The van der Waals surface area contributed by atoms with E-state index in [0.717, 1.165) is 11.8 Å². The number of nitrogen functional groups attached to an aromatic ring is 1. The first kappa shape index (κ1) is 13.1. The Labute approximate surface area is 133 Å². The number of H-pyrrole nitrogens is 1. The summed E-state index contributed by atoms with van der Waals surface area (Å²) in [5, 5.41) is 5.86. The summed E-state index contributed by atoms with van der Waals surface area (Å²) in [6.45, 7) is 0. The van der Waals surface area contributed by atoms with Gasteiger partial charge in [0.25, 0.3) is 5.56 Å². The van der Waals surface area contributed by atoms with Crippen molar-refractivity contribution in [2.75, 3.05) is 5.73 Å². The molecule has 2 bridgehead atoms. The third-order valence-electron chi connectivity index (χ3n) is 4.58. The summed E-state index contributed by atoms with van der Waals surface area (Å²) in [5.74, 6) is 0.296. The molecule has 1 amide bonds. The van der Waals surface area contributed by atoms with Crippen LogP contribution in [0.1, 0.15) is 18.4 Å². The number of anilines is 1. The molecule has 5 rings (SSSR count). The van der Waals surface area contributed by atoms with Crippen LogP contribution >= 0.6 is 11.3 Å². The summed E-state index contributed by atoms with van der Waals surface area (Å²) in [5.41, 5.74) is 6.46. The lowest BCUT2D eigenvalue weighted by Gasteiger charge is -2.41. The highest BCUT2D eigenvalue weighted by Gasteiger charge is 2.50. The number of pyridine rings is 1. The Morgan fingerprint density at radius 2 is 2.26 bits per heavy atom. The van der Waals surface area contributed by atoms with E-state index in [4.69, 9.17) is 10.5 Å². The number of carbonyl (C=O) groups excluding carboxylic acids is 1. The van der Waals surface area contributed by atoms with Crippen molar-refractivity contribution in [1.82, 2.24) is 15.2 Å². The number of nitrogens with one attached hydrogen (secondary N) is 2. The van der Waals surface area contributed by atoms with E-state index in [0.29, 0.717) is 22.8 Å². The van der Waals surface area contributed by atoms with Gasteiger partial charge in [-0.2, -0.15) is 0 Å². The van der Waals surface area contributed by atoms with Gasteiger partial charge in [-0.3, -0.25) is 15.1 Å². The summed E-state index contributed by atoms with van der Waals surface area (Å²) >= 11 is 1.41. The molecule has 3 aliphatic heterocycles. The van der Waals surface area contributed by atoms with Crippen LogP contribution in [0.25, 0.3) is 10.2 Å². The zero-order chi connectivity index (χ0) is 15.7. The summed E-state index contributed by atoms with van der Waals surface area (Å²) in [4.78, 5) is 34.4.